The first-order valence-corrected chi connectivity index (χ1v) is 10.2. The van der Waals surface area contributed by atoms with Gasteiger partial charge in [-0.15, -0.1) is 10.2 Å². The highest BCUT2D eigenvalue weighted by molar-refractivity contribution is 7.91. The van der Waals surface area contributed by atoms with Crippen molar-refractivity contribution in [2.75, 3.05) is 38.7 Å². The lowest BCUT2D eigenvalue weighted by Gasteiger charge is -2.44. The molecule has 2 fully saturated rings. The lowest BCUT2D eigenvalue weighted by molar-refractivity contribution is 0.0470. The van der Waals surface area contributed by atoms with Crippen LogP contribution in [-0.2, 0) is 16.4 Å². The molecule has 0 radical (unpaired) electrons. The number of urea groups is 1. The molecule has 0 N–H and O–H groups in total. The van der Waals surface area contributed by atoms with Gasteiger partial charge in [0.15, 0.2) is 9.84 Å². The van der Waals surface area contributed by atoms with E-state index in [1.165, 1.54) is 4.90 Å². The van der Waals surface area contributed by atoms with Crippen LogP contribution in [0.15, 0.2) is 4.42 Å². The molecule has 1 aromatic heterocycles. The molecule has 25 heavy (non-hydrogen) atoms. The summed E-state index contributed by atoms with van der Waals surface area (Å²) in [6.45, 7) is 5.42. The molecule has 0 bridgehead atoms. The van der Waals surface area contributed by atoms with Crippen molar-refractivity contribution >= 4 is 15.9 Å². The van der Waals surface area contributed by atoms with E-state index in [-0.39, 0.29) is 35.5 Å². The molecular formula is C15H25N5O4S. The zero-order valence-corrected chi connectivity index (χ0v) is 15.9. The Morgan fingerprint density at radius 2 is 1.92 bits per heavy atom. The van der Waals surface area contributed by atoms with Gasteiger partial charge in [0.2, 0.25) is 11.8 Å². The molecule has 2 saturated heterocycles. The van der Waals surface area contributed by atoms with Crippen molar-refractivity contribution in [1.29, 1.82) is 0 Å². The highest BCUT2D eigenvalue weighted by Gasteiger charge is 2.48. The van der Waals surface area contributed by atoms with Crippen molar-refractivity contribution in [3.05, 3.63) is 11.8 Å². The number of hydrogen-bond donors (Lipinski definition) is 0. The molecule has 0 unspecified atom stereocenters. The van der Waals surface area contributed by atoms with Crippen LogP contribution >= 0.6 is 0 Å². The summed E-state index contributed by atoms with van der Waals surface area (Å²) in [5, 5.41) is 8.10. The molecule has 3 rings (SSSR count). The second-order valence-corrected chi connectivity index (χ2v) is 9.40. The SMILES string of the molecule is CC(C)c1nnc(CN2CCN(C(=O)N(C)C)[C@H]3CS(=O)(=O)C[C@H]32)o1. The number of carbonyl (C=O) groups is 1. The Kier molecular flexibility index (Phi) is 4.76. The van der Waals surface area contributed by atoms with Crippen LogP contribution in [0.1, 0.15) is 31.5 Å². The van der Waals surface area contributed by atoms with Gasteiger partial charge in [-0.25, -0.2) is 13.2 Å². The summed E-state index contributed by atoms with van der Waals surface area (Å²) in [4.78, 5) is 17.6. The number of piperazine rings is 1. The van der Waals surface area contributed by atoms with Crippen LogP contribution in [0.2, 0.25) is 0 Å². The summed E-state index contributed by atoms with van der Waals surface area (Å²) in [7, 11) is 0.184. The smallest absolute Gasteiger partial charge is 0.319 e. The standard InChI is InChI=1S/C15H25N5O4S/c1-10(2)14-17-16-13(24-14)7-19-5-6-20(15(21)18(3)4)12-9-25(22,23)8-11(12)19/h10-12H,5-9H2,1-4H3/t11-,12+/m1/s1. The number of carbonyl (C=O) groups excluding carboxylic acids is 1. The maximum atomic E-state index is 12.4. The summed E-state index contributed by atoms with van der Waals surface area (Å²) in [5.74, 6) is 1.27. The Labute approximate surface area is 147 Å². The maximum absolute atomic E-state index is 12.4. The average molecular weight is 371 g/mol. The predicted molar refractivity (Wildman–Crippen MR) is 90.8 cm³/mol. The van der Waals surface area contributed by atoms with E-state index in [9.17, 15) is 13.2 Å². The molecule has 0 aliphatic carbocycles. The Morgan fingerprint density at radius 3 is 2.52 bits per heavy atom. The summed E-state index contributed by atoms with van der Waals surface area (Å²) in [6.07, 6.45) is 0. The third-order valence-electron chi connectivity index (χ3n) is 4.73. The molecule has 2 atom stereocenters. The molecule has 140 valence electrons. The van der Waals surface area contributed by atoms with E-state index < -0.39 is 9.84 Å². The van der Waals surface area contributed by atoms with Crippen LogP contribution < -0.4 is 0 Å². The van der Waals surface area contributed by atoms with Gasteiger partial charge in [-0.2, -0.15) is 0 Å². The molecule has 0 aromatic carbocycles. The van der Waals surface area contributed by atoms with E-state index in [1.807, 2.05) is 18.7 Å². The number of nitrogens with zero attached hydrogens (tertiary/aromatic N) is 5. The Bertz CT molecular complexity index is 745. The number of fused-ring (bicyclic) bond motifs is 1. The topological polar surface area (TPSA) is 99.9 Å². The van der Waals surface area contributed by atoms with Gasteiger partial charge in [0.25, 0.3) is 0 Å². The molecule has 1 aromatic rings. The number of sulfone groups is 1. The monoisotopic (exact) mass is 371 g/mol. The fourth-order valence-electron chi connectivity index (χ4n) is 3.45. The van der Waals surface area contributed by atoms with Gasteiger partial charge in [-0.3, -0.25) is 4.90 Å². The third-order valence-corrected chi connectivity index (χ3v) is 6.43. The van der Waals surface area contributed by atoms with Gasteiger partial charge >= 0.3 is 6.03 Å². The minimum absolute atomic E-state index is 0.00875. The largest absolute Gasteiger partial charge is 0.424 e. The van der Waals surface area contributed by atoms with E-state index in [4.69, 9.17) is 4.42 Å². The summed E-state index contributed by atoms with van der Waals surface area (Å²) in [6, 6.07) is -0.718. The third kappa shape index (κ3) is 3.64. The van der Waals surface area contributed by atoms with Crippen LogP contribution in [0.4, 0.5) is 4.79 Å². The predicted octanol–water partition coefficient (Wildman–Crippen LogP) is 0.158. The molecule has 0 spiro atoms. The van der Waals surface area contributed by atoms with Crippen molar-refractivity contribution in [3.8, 4) is 0 Å². The van der Waals surface area contributed by atoms with Crippen molar-refractivity contribution in [1.82, 2.24) is 24.9 Å². The van der Waals surface area contributed by atoms with E-state index in [0.29, 0.717) is 31.4 Å². The first-order valence-electron chi connectivity index (χ1n) is 8.42. The Balaban J connectivity index is 1.79. The van der Waals surface area contributed by atoms with E-state index in [2.05, 4.69) is 10.2 Å². The van der Waals surface area contributed by atoms with E-state index in [1.54, 1.807) is 19.0 Å². The molecule has 10 heteroatoms. The van der Waals surface area contributed by atoms with Crippen LogP contribution in [0.3, 0.4) is 0 Å². The van der Waals surface area contributed by atoms with Gasteiger partial charge in [0.1, 0.15) is 0 Å². The molecule has 2 amide bonds. The van der Waals surface area contributed by atoms with Gasteiger partial charge in [0, 0.05) is 39.1 Å². The quantitative estimate of drug-likeness (QED) is 0.746. The molecule has 2 aliphatic rings. The molecule has 2 aliphatic heterocycles. The van der Waals surface area contributed by atoms with Gasteiger partial charge in [-0.1, -0.05) is 13.8 Å². The van der Waals surface area contributed by atoms with E-state index >= 15 is 0 Å². The summed E-state index contributed by atoms with van der Waals surface area (Å²) in [5.41, 5.74) is 0. The lowest BCUT2D eigenvalue weighted by Crippen LogP contribution is -2.61. The number of rotatable bonds is 3. The number of aromatic nitrogens is 2. The molecule has 3 heterocycles. The maximum Gasteiger partial charge on any atom is 0.319 e. The van der Waals surface area contributed by atoms with Gasteiger partial charge < -0.3 is 14.2 Å². The minimum atomic E-state index is -3.18. The fraction of sp³-hybridized carbons (Fsp3) is 0.800. The lowest BCUT2D eigenvalue weighted by atomic mass is 10.1. The van der Waals surface area contributed by atoms with Crippen molar-refractivity contribution in [2.24, 2.45) is 0 Å². The highest BCUT2D eigenvalue weighted by atomic mass is 32.2. The Morgan fingerprint density at radius 1 is 1.24 bits per heavy atom. The fourth-order valence-corrected chi connectivity index (χ4v) is 5.46. The Hall–Kier alpha value is -1.68. The molecule has 9 nitrogen and oxygen atoms in total. The van der Waals surface area contributed by atoms with Crippen molar-refractivity contribution in [3.63, 3.8) is 0 Å². The summed E-state index contributed by atoms with van der Waals surface area (Å²) >= 11 is 0. The number of amides is 2. The summed E-state index contributed by atoms with van der Waals surface area (Å²) < 4.78 is 30.1. The second kappa shape index (κ2) is 6.56. The first-order chi connectivity index (χ1) is 11.7. The highest BCUT2D eigenvalue weighted by Crippen LogP contribution is 2.28. The van der Waals surface area contributed by atoms with Crippen molar-refractivity contribution in [2.45, 2.75) is 38.4 Å². The van der Waals surface area contributed by atoms with Crippen molar-refractivity contribution < 1.29 is 17.6 Å². The average Bonchev–Trinajstić information content (AvgIpc) is 3.10. The van der Waals surface area contributed by atoms with Gasteiger partial charge in [-0.05, 0) is 0 Å². The first kappa shape index (κ1) is 18.1. The van der Waals surface area contributed by atoms with Crippen LogP contribution in [0, 0.1) is 0 Å². The zero-order valence-electron chi connectivity index (χ0n) is 15.0. The van der Waals surface area contributed by atoms with Crippen LogP contribution in [-0.4, -0.2) is 90.1 Å². The zero-order chi connectivity index (χ0) is 18.4. The molecular weight excluding hydrogens is 346 g/mol. The second-order valence-electron chi connectivity index (χ2n) is 7.24. The van der Waals surface area contributed by atoms with Crippen LogP contribution in [0.5, 0.6) is 0 Å². The number of hydrogen-bond acceptors (Lipinski definition) is 7. The van der Waals surface area contributed by atoms with Crippen LogP contribution in [0.25, 0.3) is 0 Å². The minimum Gasteiger partial charge on any atom is -0.424 e. The van der Waals surface area contributed by atoms with Gasteiger partial charge in [0.05, 0.1) is 24.1 Å². The normalized spacial score (nSPS) is 26.0. The van der Waals surface area contributed by atoms with E-state index in [0.717, 1.165) is 0 Å². The molecule has 0 saturated carbocycles.